The standard InChI is InChI=1S/C2H4O5S.Sr/c3-2(4)1-8(5,6)7;/h1H2,(H,3,4)(H,5,6,7);/q;+2/p-2. The normalized spacial score (nSPS) is 9.89. The molecule has 0 radical (unpaired) electrons. The van der Waals surface area contributed by atoms with Crippen LogP contribution in [0.2, 0.25) is 0 Å². The summed E-state index contributed by atoms with van der Waals surface area (Å²) in [6.07, 6.45) is 0. The third-order valence-corrected chi connectivity index (χ3v) is 0.884. The van der Waals surface area contributed by atoms with Crippen LogP contribution in [0, 0.1) is 0 Å². The minimum atomic E-state index is -4.64. The van der Waals surface area contributed by atoms with Crippen LogP contribution in [0.25, 0.3) is 0 Å². The summed E-state index contributed by atoms with van der Waals surface area (Å²) in [6, 6.07) is 0. The van der Waals surface area contributed by atoms with E-state index in [2.05, 4.69) is 0 Å². The van der Waals surface area contributed by atoms with Crippen molar-refractivity contribution in [3.8, 4) is 0 Å². The van der Waals surface area contributed by atoms with Gasteiger partial charge in [0.05, 0.1) is 11.7 Å². The summed E-state index contributed by atoms with van der Waals surface area (Å²) in [6.45, 7) is 0. The maximum absolute atomic E-state index is 9.47. The maximum atomic E-state index is 9.47. The molecule has 0 aliphatic heterocycles. The van der Waals surface area contributed by atoms with Crippen molar-refractivity contribution >= 4 is 61.6 Å². The third kappa shape index (κ3) is 12.1. The number of aliphatic carboxylic acids is 1. The van der Waals surface area contributed by atoms with E-state index in [1.165, 1.54) is 0 Å². The summed E-state index contributed by atoms with van der Waals surface area (Å²) < 4.78 is 28.4. The molecule has 0 aromatic heterocycles. The molecule has 0 amide bonds. The van der Waals surface area contributed by atoms with Crippen molar-refractivity contribution in [3.05, 3.63) is 0 Å². The largest absolute Gasteiger partial charge is 2.00 e. The summed E-state index contributed by atoms with van der Waals surface area (Å²) in [5.74, 6) is -3.33. The van der Waals surface area contributed by atoms with Gasteiger partial charge in [0.2, 0.25) is 0 Å². The summed E-state index contributed by atoms with van der Waals surface area (Å²) in [4.78, 5) is 9.32. The smallest absolute Gasteiger partial charge is 0.748 e. The van der Waals surface area contributed by atoms with E-state index in [1.54, 1.807) is 0 Å². The molecule has 0 N–H and O–H groups in total. The zero-order valence-electron chi connectivity index (χ0n) is 4.36. The number of carboxylic acids is 1. The molecule has 0 fully saturated rings. The minimum Gasteiger partial charge on any atom is -0.748 e. The van der Waals surface area contributed by atoms with Crippen LogP contribution in [0.5, 0.6) is 0 Å². The van der Waals surface area contributed by atoms with Gasteiger partial charge >= 0.3 is 45.5 Å². The molecule has 0 saturated heterocycles. The molecular formula is C2H2O5SSr. The van der Waals surface area contributed by atoms with Crippen molar-refractivity contribution in [1.82, 2.24) is 0 Å². The van der Waals surface area contributed by atoms with Crippen LogP contribution in [0.3, 0.4) is 0 Å². The first-order valence-corrected chi connectivity index (χ1v) is 3.13. The van der Waals surface area contributed by atoms with E-state index >= 15 is 0 Å². The molecule has 0 aliphatic carbocycles. The van der Waals surface area contributed by atoms with E-state index in [-0.39, 0.29) is 45.5 Å². The third-order valence-electron chi connectivity index (χ3n) is 0.295. The molecule has 0 aromatic carbocycles. The molecule has 0 spiro atoms. The van der Waals surface area contributed by atoms with Gasteiger partial charge in [-0.1, -0.05) is 0 Å². The van der Waals surface area contributed by atoms with Crippen LogP contribution in [0.4, 0.5) is 0 Å². The SMILES string of the molecule is O=C([O-])CS(=O)(=O)[O-].[Sr+2]. The molecule has 0 heterocycles. The molecule has 9 heavy (non-hydrogen) atoms. The van der Waals surface area contributed by atoms with Gasteiger partial charge in [0.15, 0.2) is 0 Å². The fourth-order valence-electron chi connectivity index (χ4n) is 0.144. The van der Waals surface area contributed by atoms with Crippen LogP contribution in [0.1, 0.15) is 0 Å². The van der Waals surface area contributed by atoms with Gasteiger partial charge in [-0.25, -0.2) is 8.42 Å². The molecular weight excluding hydrogens is 224 g/mol. The molecule has 0 bridgehead atoms. The molecule has 48 valence electrons. The van der Waals surface area contributed by atoms with Crippen LogP contribution in [0.15, 0.2) is 0 Å². The first-order chi connectivity index (χ1) is 3.42. The monoisotopic (exact) mass is 226 g/mol. The van der Waals surface area contributed by atoms with E-state index < -0.39 is 21.8 Å². The average molecular weight is 226 g/mol. The second kappa shape index (κ2) is 4.64. The number of carbonyl (C=O) groups excluding carboxylic acids is 1. The Bertz CT molecular complexity index is 181. The van der Waals surface area contributed by atoms with Gasteiger partial charge in [0, 0.05) is 0 Å². The number of carboxylic acid groups (broad SMARTS) is 1. The van der Waals surface area contributed by atoms with Crippen LogP contribution in [-0.4, -0.2) is 70.2 Å². The van der Waals surface area contributed by atoms with E-state index in [0.717, 1.165) is 0 Å². The maximum Gasteiger partial charge on any atom is 2.00 e. The molecule has 0 saturated carbocycles. The van der Waals surface area contributed by atoms with Crippen molar-refractivity contribution in [3.63, 3.8) is 0 Å². The Morgan fingerprint density at radius 2 is 1.78 bits per heavy atom. The Morgan fingerprint density at radius 1 is 1.44 bits per heavy atom. The topological polar surface area (TPSA) is 97.3 Å². The Kier molecular flexibility index (Phi) is 6.46. The number of rotatable bonds is 2. The zero-order chi connectivity index (χ0) is 6.78. The summed E-state index contributed by atoms with van der Waals surface area (Å²) in [7, 11) is -4.64. The molecule has 7 heteroatoms. The van der Waals surface area contributed by atoms with Gasteiger partial charge in [-0.3, -0.25) is 0 Å². The molecule has 5 nitrogen and oxygen atoms in total. The van der Waals surface area contributed by atoms with Gasteiger partial charge in [-0.15, -0.1) is 0 Å². The Balaban J connectivity index is 0. The first-order valence-electron chi connectivity index (χ1n) is 1.55. The summed E-state index contributed by atoms with van der Waals surface area (Å²) >= 11 is 0. The Hall–Kier alpha value is 0.861. The second-order valence-corrected chi connectivity index (χ2v) is 2.48. The van der Waals surface area contributed by atoms with Gasteiger partial charge in [0.1, 0.15) is 10.1 Å². The quantitative estimate of drug-likeness (QED) is 0.366. The van der Waals surface area contributed by atoms with Crippen molar-refractivity contribution < 1.29 is 22.9 Å². The molecule has 0 aliphatic rings. The van der Waals surface area contributed by atoms with Gasteiger partial charge in [-0.2, -0.15) is 0 Å². The number of carbonyl (C=O) groups is 1. The van der Waals surface area contributed by atoms with Gasteiger partial charge in [0.25, 0.3) is 0 Å². The number of hydrogen-bond acceptors (Lipinski definition) is 5. The number of hydrogen-bond donors (Lipinski definition) is 0. The fourth-order valence-corrected chi connectivity index (χ4v) is 0.433. The summed E-state index contributed by atoms with van der Waals surface area (Å²) in [5, 5.41) is 9.32. The van der Waals surface area contributed by atoms with E-state index in [0.29, 0.717) is 0 Å². The molecule has 0 aromatic rings. The molecule has 0 rings (SSSR count). The van der Waals surface area contributed by atoms with Gasteiger partial charge < -0.3 is 14.5 Å². The molecule has 0 atom stereocenters. The van der Waals surface area contributed by atoms with Crippen molar-refractivity contribution in [2.24, 2.45) is 0 Å². The van der Waals surface area contributed by atoms with E-state index in [1.807, 2.05) is 0 Å². The van der Waals surface area contributed by atoms with Crippen molar-refractivity contribution in [2.45, 2.75) is 0 Å². The van der Waals surface area contributed by atoms with Crippen LogP contribution >= 0.6 is 0 Å². The van der Waals surface area contributed by atoms with Gasteiger partial charge in [-0.05, 0) is 0 Å². The van der Waals surface area contributed by atoms with Crippen LogP contribution < -0.4 is 5.11 Å². The Morgan fingerprint density at radius 3 is 1.78 bits per heavy atom. The Labute approximate surface area is 89.1 Å². The van der Waals surface area contributed by atoms with E-state index in [9.17, 15) is 22.9 Å². The van der Waals surface area contributed by atoms with Crippen LogP contribution in [-0.2, 0) is 14.9 Å². The average Bonchev–Trinajstić information content (AvgIpc) is 1.21. The minimum absolute atomic E-state index is 0. The summed E-state index contributed by atoms with van der Waals surface area (Å²) in [5.41, 5.74) is 0. The first kappa shape index (κ1) is 12.5. The zero-order valence-corrected chi connectivity index (χ0v) is 8.66. The van der Waals surface area contributed by atoms with Crippen molar-refractivity contribution in [2.75, 3.05) is 5.75 Å². The fraction of sp³-hybridized carbons (Fsp3) is 0.500. The predicted octanol–water partition coefficient (Wildman–Crippen LogP) is -3.10. The molecule has 0 unspecified atom stereocenters. The van der Waals surface area contributed by atoms with Crippen molar-refractivity contribution in [1.29, 1.82) is 0 Å². The second-order valence-electron chi connectivity index (χ2n) is 1.07. The van der Waals surface area contributed by atoms with E-state index in [4.69, 9.17) is 0 Å². The predicted molar refractivity (Wildman–Crippen MR) is 25.3 cm³/mol.